The molecule has 0 saturated heterocycles. The van der Waals surface area contributed by atoms with Crippen molar-refractivity contribution in [3.63, 3.8) is 0 Å². The molecule has 2 aliphatic rings. The number of hydrogen-bond donors (Lipinski definition) is 1. The molecule has 1 aliphatic heterocycles. The fourth-order valence-electron chi connectivity index (χ4n) is 2.76. The van der Waals surface area contributed by atoms with E-state index in [9.17, 15) is 0 Å². The summed E-state index contributed by atoms with van der Waals surface area (Å²) in [5, 5.41) is 6.72. The third-order valence-electron chi connectivity index (χ3n) is 3.79. The third kappa shape index (κ3) is 2.58. The third-order valence-corrected chi connectivity index (χ3v) is 5.69. The lowest BCUT2D eigenvalue weighted by Gasteiger charge is -2.24. The van der Waals surface area contributed by atoms with Crippen LogP contribution < -0.4 is 5.43 Å². The number of alkyl halides is 1. The molecule has 1 saturated carbocycles. The lowest BCUT2D eigenvalue weighted by atomic mass is 9.84. The fourth-order valence-corrected chi connectivity index (χ4v) is 4.06. The van der Waals surface area contributed by atoms with Crippen molar-refractivity contribution in [2.24, 2.45) is 11.0 Å². The molecule has 92 valence electrons. The van der Waals surface area contributed by atoms with Crippen molar-refractivity contribution in [2.75, 3.05) is 0 Å². The Morgan fingerprint density at radius 3 is 2.82 bits per heavy atom. The van der Waals surface area contributed by atoms with E-state index in [0.29, 0.717) is 6.04 Å². The first-order valence-corrected chi connectivity index (χ1v) is 8.12. The van der Waals surface area contributed by atoms with E-state index >= 15 is 0 Å². The predicted molar refractivity (Wildman–Crippen MR) is 76.9 cm³/mol. The van der Waals surface area contributed by atoms with Crippen LogP contribution in [0.4, 0.5) is 0 Å². The minimum absolute atomic E-state index is 0.437. The van der Waals surface area contributed by atoms with Crippen molar-refractivity contribution in [3.8, 4) is 0 Å². The van der Waals surface area contributed by atoms with Crippen LogP contribution in [0.15, 0.2) is 22.6 Å². The van der Waals surface area contributed by atoms with Crippen LogP contribution in [0.1, 0.15) is 43.0 Å². The molecule has 1 aliphatic carbocycles. The maximum atomic E-state index is 4.58. The van der Waals surface area contributed by atoms with Crippen molar-refractivity contribution < 1.29 is 0 Å². The molecule has 2 nitrogen and oxygen atoms in total. The molecular weight excluding hydrogens is 296 g/mol. The Hall–Kier alpha value is -0.350. The van der Waals surface area contributed by atoms with Gasteiger partial charge in [-0.2, -0.15) is 5.10 Å². The van der Waals surface area contributed by atoms with Crippen LogP contribution in [-0.2, 0) is 0 Å². The van der Waals surface area contributed by atoms with Gasteiger partial charge < -0.3 is 5.43 Å². The zero-order valence-electron chi connectivity index (χ0n) is 9.73. The molecule has 1 unspecified atom stereocenters. The zero-order valence-corrected chi connectivity index (χ0v) is 12.1. The molecule has 0 radical (unpaired) electrons. The van der Waals surface area contributed by atoms with Crippen molar-refractivity contribution in [1.29, 1.82) is 0 Å². The Labute approximate surface area is 115 Å². The van der Waals surface area contributed by atoms with Crippen LogP contribution in [0.3, 0.4) is 0 Å². The van der Waals surface area contributed by atoms with Gasteiger partial charge in [0.1, 0.15) is 0 Å². The SMILES string of the molecule is BrC1CCC(C2=NNC(c3cccs3)C2)CC1. The van der Waals surface area contributed by atoms with Gasteiger partial charge in [0.05, 0.1) is 6.04 Å². The van der Waals surface area contributed by atoms with E-state index < -0.39 is 0 Å². The number of nitrogens with one attached hydrogen (secondary N) is 1. The van der Waals surface area contributed by atoms with Crippen LogP contribution in [0.25, 0.3) is 0 Å². The van der Waals surface area contributed by atoms with Crippen LogP contribution in [0, 0.1) is 5.92 Å². The highest BCUT2D eigenvalue weighted by atomic mass is 79.9. The molecule has 0 bridgehead atoms. The van der Waals surface area contributed by atoms with Crippen molar-refractivity contribution >= 4 is 33.0 Å². The minimum Gasteiger partial charge on any atom is -0.301 e. The first-order valence-electron chi connectivity index (χ1n) is 6.32. The molecule has 1 atom stereocenters. The zero-order chi connectivity index (χ0) is 11.7. The standard InChI is InChI=1S/C13H17BrN2S/c14-10-5-3-9(4-6-10)11-8-12(16-15-11)13-2-1-7-17-13/h1-2,7,9-10,12,16H,3-6,8H2. The molecule has 3 rings (SSSR count). The van der Waals surface area contributed by atoms with Gasteiger partial charge in [0.15, 0.2) is 0 Å². The van der Waals surface area contributed by atoms with Gasteiger partial charge in [-0.3, -0.25) is 0 Å². The molecule has 1 fully saturated rings. The second kappa shape index (κ2) is 5.11. The molecule has 1 aromatic heterocycles. The topological polar surface area (TPSA) is 24.4 Å². The van der Waals surface area contributed by atoms with Gasteiger partial charge in [-0.15, -0.1) is 11.3 Å². The Morgan fingerprint density at radius 2 is 2.12 bits per heavy atom. The summed E-state index contributed by atoms with van der Waals surface area (Å²) in [6.45, 7) is 0. The summed E-state index contributed by atoms with van der Waals surface area (Å²) in [6.07, 6.45) is 6.31. The summed E-state index contributed by atoms with van der Waals surface area (Å²) in [5.41, 5.74) is 4.71. The average Bonchev–Trinajstić information content (AvgIpc) is 3.00. The predicted octanol–water partition coefficient (Wildman–Crippen LogP) is 4.09. The maximum Gasteiger partial charge on any atom is 0.0834 e. The quantitative estimate of drug-likeness (QED) is 0.817. The van der Waals surface area contributed by atoms with Crippen LogP contribution in [0.5, 0.6) is 0 Å². The van der Waals surface area contributed by atoms with Gasteiger partial charge in [-0.1, -0.05) is 22.0 Å². The average molecular weight is 313 g/mol. The number of hydrazone groups is 1. The normalized spacial score (nSPS) is 33.2. The highest BCUT2D eigenvalue weighted by molar-refractivity contribution is 9.09. The van der Waals surface area contributed by atoms with E-state index in [1.807, 2.05) is 11.3 Å². The van der Waals surface area contributed by atoms with Gasteiger partial charge >= 0.3 is 0 Å². The van der Waals surface area contributed by atoms with E-state index in [4.69, 9.17) is 0 Å². The molecular formula is C13H17BrN2S. The first kappa shape index (κ1) is 11.7. The van der Waals surface area contributed by atoms with E-state index in [1.165, 1.54) is 36.3 Å². The molecule has 0 aromatic carbocycles. The Balaban J connectivity index is 1.60. The van der Waals surface area contributed by atoms with E-state index in [0.717, 1.165) is 17.2 Å². The van der Waals surface area contributed by atoms with E-state index in [-0.39, 0.29) is 0 Å². The summed E-state index contributed by atoms with van der Waals surface area (Å²) in [6, 6.07) is 4.76. The summed E-state index contributed by atoms with van der Waals surface area (Å²) >= 11 is 5.54. The lowest BCUT2D eigenvalue weighted by Crippen LogP contribution is -2.21. The second-order valence-electron chi connectivity index (χ2n) is 4.95. The number of thiophene rings is 1. The lowest BCUT2D eigenvalue weighted by molar-refractivity contribution is 0.450. The molecule has 1 aromatic rings. The number of hydrogen-bond acceptors (Lipinski definition) is 3. The Bertz CT molecular complexity index is 394. The largest absolute Gasteiger partial charge is 0.301 e. The smallest absolute Gasteiger partial charge is 0.0834 e. The van der Waals surface area contributed by atoms with Crippen molar-refractivity contribution in [3.05, 3.63) is 22.4 Å². The maximum absolute atomic E-state index is 4.58. The van der Waals surface area contributed by atoms with Crippen molar-refractivity contribution in [2.45, 2.75) is 43.0 Å². The van der Waals surface area contributed by atoms with Gasteiger partial charge in [0, 0.05) is 21.8 Å². The van der Waals surface area contributed by atoms with Gasteiger partial charge in [-0.25, -0.2) is 0 Å². The molecule has 2 heterocycles. The first-order chi connectivity index (χ1) is 8.33. The molecule has 17 heavy (non-hydrogen) atoms. The minimum atomic E-state index is 0.437. The van der Waals surface area contributed by atoms with Crippen molar-refractivity contribution in [1.82, 2.24) is 5.43 Å². The summed E-state index contributed by atoms with van der Waals surface area (Å²) in [7, 11) is 0. The van der Waals surface area contributed by atoms with Crippen LogP contribution in [-0.4, -0.2) is 10.5 Å². The summed E-state index contributed by atoms with van der Waals surface area (Å²) < 4.78 is 0. The van der Waals surface area contributed by atoms with Gasteiger partial charge in [-0.05, 0) is 43.0 Å². The summed E-state index contributed by atoms with van der Waals surface area (Å²) in [5.74, 6) is 0.723. The van der Waals surface area contributed by atoms with Crippen LogP contribution >= 0.6 is 27.3 Å². The number of halogens is 1. The van der Waals surface area contributed by atoms with Gasteiger partial charge in [0.2, 0.25) is 0 Å². The van der Waals surface area contributed by atoms with E-state index in [2.05, 4.69) is 44.0 Å². The molecule has 0 spiro atoms. The molecule has 0 amide bonds. The van der Waals surface area contributed by atoms with Crippen LogP contribution in [0.2, 0.25) is 0 Å². The highest BCUT2D eigenvalue weighted by Gasteiger charge is 2.29. The van der Waals surface area contributed by atoms with Gasteiger partial charge in [0.25, 0.3) is 0 Å². The van der Waals surface area contributed by atoms with E-state index in [1.54, 1.807) is 0 Å². The second-order valence-corrected chi connectivity index (χ2v) is 7.23. The Morgan fingerprint density at radius 1 is 1.29 bits per heavy atom. The number of rotatable bonds is 2. The monoisotopic (exact) mass is 312 g/mol. The molecule has 4 heteroatoms. The number of nitrogens with zero attached hydrogens (tertiary/aromatic N) is 1. The summed E-state index contributed by atoms with van der Waals surface area (Å²) in [4.78, 5) is 2.15. The highest BCUT2D eigenvalue weighted by Crippen LogP contribution is 2.34. The fraction of sp³-hybridized carbons (Fsp3) is 0.615. The molecule has 1 N–H and O–H groups in total. The Kier molecular flexibility index (Phi) is 3.52.